The monoisotopic (exact) mass is 176 g/mol. The van der Waals surface area contributed by atoms with Crippen LogP contribution in [-0.4, -0.2) is 10.2 Å². The van der Waals surface area contributed by atoms with Crippen LogP contribution in [0.2, 0.25) is 0 Å². The van der Waals surface area contributed by atoms with Gasteiger partial charge in [-0.05, 0) is 24.1 Å². The van der Waals surface area contributed by atoms with Crippen molar-refractivity contribution in [3.05, 3.63) is 29.8 Å². The van der Waals surface area contributed by atoms with Crippen LogP contribution in [0.1, 0.15) is 12.5 Å². The van der Waals surface area contributed by atoms with E-state index in [0.717, 1.165) is 12.0 Å². The minimum Gasteiger partial charge on any atom is -0.508 e. The lowest BCUT2D eigenvalue weighted by Gasteiger charge is -2.03. The van der Waals surface area contributed by atoms with E-state index in [1.165, 1.54) is 0 Å². The predicted molar refractivity (Wildman–Crippen MR) is 50.7 cm³/mol. The average molecular weight is 176 g/mol. The van der Waals surface area contributed by atoms with Gasteiger partial charge in [0.05, 0.1) is 0 Å². The van der Waals surface area contributed by atoms with Crippen LogP contribution in [0.3, 0.4) is 0 Å². The van der Waals surface area contributed by atoms with E-state index in [2.05, 4.69) is 5.92 Å². The second-order valence-corrected chi connectivity index (χ2v) is 3.03. The zero-order chi connectivity index (χ0) is 9.68. The number of phenolic OH excluding ortho intramolecular Hbond substituents is 1. The van der Waals surface area contributed by atoms with Crippen molar-refractivity contribution < 1.29 is 10.2 Å². The number of phenols is 1. The highest BCUT2D eigenvalue weighted by molar-refractivity contribution is 5.26. The van der Waals surface area contributed by atoms with E-state index < -0.39 is 0 Å². The lowest BCUT2D eigenvalue weighted by molar-refractivity contribution is 0.475. The molecule has 0 amide bonds. The SMILES string of the molecule is CC(C#CO)Cc1ccc(O)cc1. The van der Waals surface area contributed by atoms with E-state index in [4.69, 9.17) is 10.2 Å². The van der Waals surface area contributed by atoms with Gasteiger partial charge in [-0.2, -0.15) is 0 Å². The van der Waals surface area contributed by atoms with E-state index in [0.29, 0.717) is 0 Å². The Morgan fingerprint density at radius 2 is 1.92 bits per heavy atom. The minimum absolute atomic E-state index is 0.134. The molecule has 1 atom stereocenters. The van der Waals surface area contributed by atoms with Crippen molar-refractivity contribution in [2.75, 3.05) is 0 Å². The normalized spacial score (nSPS) is 11.5. The zero-order valence-electron chi connectivity index (χ0n) is 7.49. The van der Waals surface area contributed by atoms with Gasteiger partial charge in [0, 0.05) is 5.92 Å². The minimum atomic E-state index is 0.134. The van der Waals surface area contributed by atoms with Crippen LogP contribution in [0.25, 0.3) is 0 Å². The Morgan fingerprint density at radius 3 is 2.46 bits per heavy atom. The van der Waals surface area contributed by atoms with Crippen LogP contribution in [-0.2, 0) is 6.42 Å². The first-order chi connectivity index (χ1) is 6.22. The highest BCUT2D eigenvalue weighted by atomic mass is 16.3. The molecule has 2 heteroatoms. The van der Waals surface area contributed by atoms with Crippen LogP contribution >= 0.6 is 0 Å². The fraction of sp³-hybridized carbons (Fsp3) is 0.273. The van der Waals surface area contributed by atoms with Gasteiger partial charge in [-0.25, -0.2) is 0 Å². The summed E-state index contributed by atoms with van der Waals surface area (Å²) in [5.74, 6) is 3.05. The standard InChI is InChI=1S/C11H12O2/c1-9(6-7-12)8-10-2-4-11(13)5-3-10/h2-5,9,12-13H,8H2,1H3. The summed E-state index contributed by atoms with van der Waals surface area (Å²) in [5.41, 5.74) is 1.10. The molecule has 1 aromatic carbocycles. The third kappa shape index (κ3) is 3.08. The van der Waals surface area contributed by atoms with Crippen LogP contribution in [0.4, 0.5) is 0 Å². The topological polar surface area (TPSA) is 40.5 Å². The highest BCUT2D eigenvalue weighted by Crippen LogP contribution is 2.12. The number of rotatable bonds is 2. The Hall–Kier alpha value is -1.62. The first kappa shape index (κ1) is 9.47. The maximum atomic E-state index is 9.03. The summed E-state index contributed by atoms with van der Waals surface area (Å²) in [7, 11) is 0. The highest BCUT2D eigenvalue weighted by Gasteiger charge is 1.99. The van der Waals surface area contributed by atoms with Gasteiger partial charge in [-0.3, -0.25) is 0 Å². The van der Waals surface area contributed by atoms with E-state index in [9.17, 15) is 0 Å². The molecule has 0 aromatic heterocycles. The molecular weight excluding hydrogens is 164 g/mol. The second kappa shape index (κ2) is 4.42. The number of aliphatic hydroxyl groups excluding tert-OH is 1. The molecule has 2 N–H and O–H groups in total. The Morgan fingerprint density at radius 1 is 1.31 bits per heavy atom. The van der Waals surface area contributed by atoms with Crippen molar-refractivity contribution in [1.29, 1.82) is 0 Å². The molecular formula is C11H12O2. The fourth-order valence-corrected chi connectivity index (χ4v) is 1.15. The lowest BCUT2D eigenvalue weighted by atomic mass is 10.0. The molecule has 1 aromatic rings. The predicted octanol–water partition coefficient (Wildman–Crippen LogP) is 1.90. The first-order valence-electron chi connectivity index (χ1n) is 4.15. The fourth-order valence-electron chi connectivity index (χ4n) is 1.15. The van der Waals surface area contributed by atoms with Gasteiger partial charge in [-0.15, -0.1) is 0 Å². The van der Waals surface area contributed by atoms with Gasteiger partial charge in [0.25, 0.3) is 0 Å². The molecule has 0 spiro atoms. The van der Waals surface area contributed by atoms with E-state index >= 15 is 0 Å². The van der Waals surface area contributed by atoms with Crippen LogP contribution in [0.15, 0.2) is 24.3 Å². The Labute approximate surface area is 77.8 Å². The summed E-state index contributed by atoms with van der Waals surface area (Å²) in [5, 5.41) is 17.4. The smallest absolute Gasteiger partial charge is 0.115 e. The van der Waals surface area contributed by atoms with Gasteiger partial charge in [0.2, 0.25) is 0 Å². The summed E-state index contributed by atoms with van der Waals surface area (Å²) in [6.07, 6.45) is 2.69. The molecule has 0 heterocycles. The number of hydrogen-bond acceptors (Lipinski definition) is 2. The summed E-state index contributed by atoms with van der Waals surface area (Å²) < 4.78 is 0. The lowest BCUT2D eigenvalue weighted by Crippen LogP contribution is -1.95. The van der Waals surface area contributed by atoms with E-state index in [1.54, 1.807) is 12.1 Å². The van der Waals surface area contributed by atoms with Crippen molar-refractivity contribution >= 4 is 0 Å². The largest absolute Gasteiger partial charge is 0.508 e. The molecule has 2 nitrogen and oxygen atoms in total. The Bertz CT molecular complexity index is 316. The van der Waals surface area contributed by atoms with Gasteiger partial charge in [0.1, 0.15) is 11.9 Å². The molecule has 0 bridgehead atoms. The summed E-state index contributed by atoms with van der Waals surface area (Å²) in [6.45, 7) is 1.94. The van der Waals surface area contributed by atoms with Crippen molar-refractivity contribution in [2.45, 2.75) is 13.3 Å². The quantitative estimate of drug-likeness (QED) is 0.676. The first-order valence-corrected chi connectivity index (χ1v) is 4.15. The maximum absolute atomic E-state index is 9.03. The van der Waals surface area contributed by atoms with Crippen molar-refractivity contribution in [2.24, 2.45) is 5.92 Å². The van der Waals surface area contributed by atoms with E-state index in [1.807, 2.05) is 25.2 Å². The summed E-state index contributed by atoms with van der Waals surface area (Å²) >= 11 is 0. The van der Waals surface area contributed by atoms with Crippen molar-refractivity contribution in [3.63, 3.8) is 0 Å². The maximum Gasteiger partial charge on any atom is 0.115 e. The molecule has 0 aliphatic heterocycles. The zero-order valence-corrected chi connectivity index (χ0v) is 7.49. The molecule has 0 aliphatic carbocycles. The van der Waals surface area contributed by atoms with Gasteiger partial charge in [0.15, 0.2) is 0 Å². The third-order valence-electron chi connectivity index (χ3n) is 1.79. The molecule has 0 radical (unpaired) electrons. The van der Waals surface area contributed by atoms with Gasteiger partial charge < -0.3 is 10.2 Å². The number of benzene rings is 1. The van der Waals surface area contributed by atoms with Crippen LogP contribution in [0, 0.1) is 17.9 Å². The van der Waals surface area contributed by atoms with Gasteiger partial charge in [-0.1, -0.05) is 25.0 Å². The number of hydrogen-bond donors (Lipinski definition) is 2. The average Bonchev–Trinajstić information content (AvgIpc) is 2.09. The molecule has 1 rings (SSSR count). The van der Waals surface area contributed by atoms with Crippen LogP contribution in [0.5, 0.6) is 5.75 Å². The molecule has 0 aliphatic rings. The molecule has 0 saturated carbocycles. The molecule has 1 unspecified atom stereocenters. The third-order valence-corrected chi connectivity index (χ3v) is 1.79. The summed E-state index contributed by atoms with van der Waals surface area (Å²) in [6, 6.07) is 7.00. The molecule has 13 heavy (non-hydrogen) atoms. The number of aromatic hydroxyl groups is 1. The second-order valence-electron chi connectivity index (χ2n) is 3.03. The Kier molecular flexibility index (Phi) is 3.22. The van der Waals surface area contributed by atoms with Crippen LogP contribution < -0.4 is 0 Å². The molecule has 0 fully saturated rings. The molecule has 68 valence electrons. The number of aliphatic hydroxyl groups is 1. The van der Waals surface area contributed by atoms with Gasteiger partial charge >= 0.3 is 0 Å². The Balaban J connectivity index is 2.62. The molecule has 0 saturated heterocycles. The van der Waals surface area contributed by atoms with Crippen molar-refractivity contribution in [1.82, 2.24) is 0 Å². The van der Waals surface area contributed by atoms with E-state index in [-0.39, 0.29) is 11.7 Å². The summed E-state index contributed by atoms with van der Waals surface area (Å²) in [4.78, 5) is 0. The van der Waals surface area contributed by atoms with Crippen molar-refractivity contribution in [3.8, 4) is 17.8 Å².